The van der Waals surface area contributed by atoms with Crippen LogP contribution in [0.2, 0.25) is 0 Å². The molecular weight excluding hydrogens is 675 g/mol. The van der Waals surface area contributed by atoms with Gasteiger partial charge in [-0.1, -0.05) is 86.6 Å². The van der Waals surface area contributed by atoms with Crippen molar-refractivity contribution in [3.8, 4) is 5.75 Å². The molecule has 0 aliphatic carbocycles. The van der Waals surface area contributed by atoms with Gasteiger partial charge in [-0.2, -0.15) is 4.31 Å². The second-order valence-electron chi connectivity index (χ2n) is 15.0. The van der Waals surface area contributed by atoms with E-state index in [1.54, 1.807) is 29.2 Å². The van der Waals surface area contributed by atoms with Gasteiger partial charge in [0.1, 0.15) is 17.1 Å². The fourth-order valence-corrected chi connectivity index (χ4v) is 8.08. The Labute approximate surface area is 309 Å². The minimum absolute atomic E-state index is 0.0348. The van der Waals surface area contributed by atoms with Crippen LogP contribution >= 0.6 is 0 Å². The third-order valence-corrected chi connectivity index (χ3v) is 10.6. The number of benzene rings is 4. The predicted molar refractivity (Wildman–Crippen MR) is 206 cm³/mol. The first-order valence-electron chi connectivity index (χ1n) is 17.7. The average Bonchev–Trinajstić information content (AvgIpc) is 3.35. The Morgan fingerprint density at radius 1 is 0.885 bits per heavy atom. The van der Waals surface area contributed by atoms with E-state index in [1.807, 2.05) is 133 Å². The molecule has 0 spiro atoms. The minimum atomic E-state index is -3.92. The molecule has 1 aliphatic heterocycles. The number of carbonyl (C=O) groups is 1. The molecule has 52 heavy (non-hydrogen) atoms. The Balaban J connectivity index is 1.49. The van der Waals surface area contributed by atoms with Crippen molar-refractivity contribution in [2.75, 3.05) is 20.2 Å². The minimum Gasteiger partial charge on any atom is -0.497 e. The lowest BCUT2D eigenvalue weighted by Gasteiger charge is -2.35. The van der Waals surface area contributed by atoms with Gasteiger partial charge in [0.05, 0.1) is 35.6 Å². The molecule has 9 nitrogen and oxygen atoms in total. The van der Waals surface area contributed by atoms with Crippen molar-refractivity contribution in [3.05, 3.63) is 126 Å². The Hall–Kier alpha value is -4.51. The van der Waals surface area contributed by atoms with Crippen LogP contribution in [0.15, 0.2) is 119 Å². The van der Waals surface area contributed by atoms with E-state index in [4.69, 9.17) is 19.2 Å². The van der Waals surface area contributed by atoms with Crippen molar-refractivity contribution in [1.82, 2.24) is 9.21 Å². The zero-order valence-electron chi connectivity index (χ0n) is 31.4. The van der Waals surface area contributed by atoms with Crippen LogP contribution < -0.4 is 4.74 Å². The highest BCUT2D eigenvalue weighted by Crippen LogP contribution is 2.37. The molecule has 1 heterocycles. The number of nitrogens with zero attached hydrogens (tertiary/aromatic N) is 3. The van der Waals surface area contributed by atoms with Gasteiger partial charge in [-0.25, -0.2) is 18.2 Å². The highest BCUT2D eigenvalue weighted by Gasteiger charge is 2.52. The Bertz CT molecular complexity index is 1880. The number of amides is 1. The van der Waals surface area contributed by atoms with Gasteiger partial charge in [0.25, 0.3) is 0 Å². The summed E-state index contributed by atoms with van der Waals surface area (Å²) in [7, 11) is -2.38. The van der Waals surface area contributed by atoms with E-state index >= 15 is 0 Å². The number of ether oxygens (including phenoxy) is 3. The summed E-state index contributed by atoms with van der Waals surface area (Å²) >= 11 is 0. The van der Waals surface area contributed by atoms with Crippen LogP contribution in [0.4, 0.5) is 10.5 Å². The second kappa shape index (κ2) is 16.0. The maximum Gasteiger partial charge on any atom is 0.412 e. The van der Waals surface area contributed by atoms with E-state index in [2.05, 4.69) is 0 Å². The molecule has 4 aromatic carbocycles. The lowest BCUT2D eigenvalue weighted by molar-refractivity contribution is -0.0806. The van der Waals surface area contributed by atoms with Gasteiger partial charge in [-0.15, -0.1) is 0 Å². The summed E-state index contributed by atoms with van der Waals surface area (Å²) in [5, 5.41) is 0. The van der Waals surface area contributed by atoms with E-state index < -0.39 is 39.6 Å². The first kappa shape index (κ1) is 38.7. The molecule has 4 aromatic rings. The molecule has 0 bridgehead atoms. The topological polar surface area (TPSA) is 97.7 Å². The van der Waals surface area contributed by atoms with E-state index in [-0.39, 0.29) is 23.9 Å². The van der Waals surface area contributed by atoms with Crippen LogP contribution in [-0.2, 0) is 25.9 Å². The van der Waals surface area contributed by atoms with Crippen LogP contribution in [0.3, 0.4) is 0 Å². The van der Waals surface area contributed by atoms with Gasteiger partial charge in [0.15, 0.2) is 0 Å². The van der Waals surface area contributed by atoms with Crippen molar-refractivity contribution >= 4 is 27.5 Å². The first-order valence-corrected chi connectivity index (χ1v) is 19.1. The summed E-state index contributed by atoms with van der Waals surface area (Å²) in [5.41, 5.74) is 2.78. The van der Waals surface area contributed by atoms with E-state index in [1.165, 1.54) is 11.4 Å². The highest BCUT2D eigenvalue weighted by molar-refractivity contribution is 7.89. The Kier molecular flexibility index (Phi) is 11.9. The molecule has 1 saturated heterocycles. The van der Waals surface area contributed by atoms with Gasteiger partial charge in [0, 0.05) is 24.2 Å². The third kappa shape index (κ3) is 9.47. The quantitative estimate of drug-likeness (QED) is 0.136. The van der Waals surface area contributed by atoms with Gasteiger partial charge in [-0.3, -0.25) is 4.90 Å². The number of sulfonamides is 1. The molecule has 5 rings (SSSR count). The van der Waals surface area contributed by atoms with Crippen molar-refractivity contribution in [2.45, 2.75) is 83.3 Å². The molecule has 0 saturated carbocycles. The van der Waals surface area contributed by atoms with Crippen LogP contribution in [0.25, 0.3) is 0 Å². The monoisotopic (exact) mass is 725 g/mol. The molecule has 1 aliphatic rings. The van der Waals surface area contributed by atoms with Crippen LogP contribution in [-0.4, -0.2) is 73.1 Å². The van der Waals surface area contributed by atoms with Gasteiger partial charge < -0.3 is 14.2 Å². The molecular formula is C42H51N3O6S. The Morgan fingerprint density at radius 2 is 1.44 bits per heavy atom. The standard InChI is InChI=1S/C42H51N3O6S/c1-30(2)28-44(52(47,48)36-25-23-35(49-8)24-26-36)29-38-37(45(42(6,7)50-38)40(46)51-41(3,4)5)27-31-19-21-34(22-20-31)43-39(32-15-11-9-12-16-32)33-17-13-10-14-18-33/h9-26,30,37-38H,27-29H2,1-8H3/t37-,38+/m0/s1. The first-order chi connectivity index (χ1) is 24.6. The maximum absolute atomic E-state index is 14.1. The third-order valence-electron chi connectivity index (χ3n) is 8.74. The molecule has 2 atom stereocenters. The van der Waals surface area contributed by atoms with Gasteiger partial charge in [0.2, 0.25) is 10.0 Å². The Morgan fingerprint density at radius 3 is 1.94 bits per heavy atom. The lowest BCUT2D eigenvalue weighted by Crippen LogP contribution is -2.52. The van der Waals surface area contributed by atoms with Crippen LogP contribution in [0.1, 0.15) is 65.2 Å². The lowest BCUT2D eigenvalue weighted by atomic mass is 9.99. The summed E-state index contributed by atoms with van der Waals surface area (Å²) in [5.74, 6) is 0.601. The smallest absolute Gasteiger partial charge is 0.412 e. The van der Waals surface area contributed by atoms with E-state index in [0.717, 1.165) is 28.1 Å². The van der Waals surface area contributed by atoms with E-state index in [0.29, 0.717) is 12.2 Å². The van der Waals surface area contributed by atoms with Crippen molar-refractivity contribution in [1.29, 1.82) is 0 Å². The molecule has 0 unspecified atom stereocenters. The summed E-state index contributed by atoms with van der Waals surface area (Å²) in [6, 6.07) is 33.9. The zero-order chi connectivity index (χ0) is 37.7. The van der Waals surface area contributed by atoms with Crippen molar-refractivity contribution in [2.24, 2.45) is 10.9 Å². The predicted octanol–water partition coefficient (Wildman–Crippen LogP) is 8.49. The molecule has 276 valence electrons. The average molecular weight is 726 g/mol. The van der Waals surface area contributed by atoms with Crippen molar-refractivity contribution < 1.29 is 27.4 Å². The highest BCUT2D eigenvalue weighted by atomic mass is 32.2. The number of hydrogen-bond acceptors (Lipinski definition) is 7. The van der Waals surface area contributed by atoms with Gasteiger partial charge in [-0.05, 0) is 88.9 Å². The molecule has 0 radical (unpaired) electrons. The molecule has 0 aromatic heterocycles. The SMILES string of the molecule is COc1ccc(S(=O)(=O)N(CC(C)C)C[C@H]2OC(C)(C)N(C(=O)OC(C)(C)C)[C@H]2Cc2ccc(N=C(c3ccccc3)c3ccccc3)cc2)cc1. The summed E-state index contributed by atoms with van der Waals surface area (Å²) < 4.78 is 47.5. The number of aliphatic imine (C=N–C) groups is 1. The molecule has 10 heteroatoms. The van der Waals surface area contributed by atoms with Crippen molar-refractivity contribution in [3.63, 3.8) is 0 Å². The second-order valence-corrected chi connectivity index (χ2v) is 16.9. The normalized spacial score (nSPS) is 17.3. The number of methoxy groups -OCH3 is 1. The molecule has 1 amide bonds. The fourth-order valence-electron chi connectivity index (χ4n) is 6.46. The number of rotatable bonds is 12. The molecule has 1 fully saturated rings. The maximum atomic E-state index is 14.1. The summed E-state index contributed by atoms with van der Waals surface area (Å²) in [4.78, 5) is 20.7. The van der Waals surface area contributed by atoms with Gasteiger partial charge >= 0.3 is 6.09 Å². The summed E-state index contributed by atoms with van der Waals surface area (Å²) in [6.45, 7) is 13.4. The molecule has 0 N–H and O–H groups in total. The number of carbonyl (C=O) groups excluding carboxylic acids is 1. The number of hydrogen-bond donors (Lipinski definition) is 0. The van der Waals surface area contributed by atoms with Crippen LogP contribution in [0.5, 0.6) is 5.75 Å². The summed E-state index contributed by atoms with van der Waals surface area (Å²) in [6.07, 6.45) is -0.774. The van der Waals surface area contributed by atoms with E-state index in [9.17, 15) is 13.2 Å². The fraction of sp³-hybridized carbons (Fsp3) is 0.381. The van der Waals surface area contributed by atoms with Crippen LogP contribution in [0, 0.1) is 5.92 Å². The largest absolute Gasteiger partial charge is 0.497 e. The zero-order valence-corrected chi connectivity index (χ0v) is 32.3.